The van der Waals surface area contributed by atoms with E-state index in [-0.39, 0.29) is 35.9 Å². The minimum Gasteiger partial charge on any atom is -0.491 e. The van der Waals surface area contributed by atoms with Crippen molar-refractivity contribution in [3.05, 3.63) is 53.1 Å². The van der Waals surface area contributed by atoms with Crippen molar-refractivity contribution >= 4 is 45.6 Å². The molecule has 1 heterocycles. The van der Waals surface area contributed by atoms with Crippen LogP contribution in [0.25, 0.3) is 10.9 Å². The summed E-state index contributed by atoms with van der Waals surface area (Å²) in [5.74, 6) is 0.0606. The van der Waals surface area contributed by atoms with Crippen LogP contribution in [0.3, 0.4) is 0 Å². The third-order valence-electron chi connectivity index (χ3n) is 5.02. The van der Waals surface area contributed by atoms with E-state index in [1.54, 1.807) is 19.2 Å². The van der Waals surface area contributed by atoms with Crippen LogP contribution in [-0.4, -0.2) is 53.6 Å². The van der Waals surface area contributed by atoms with Gasteiger partial charge in [-0.2, -0.15) is 0 Å². The summed E-state index contributed by atoms with van der Waals surface area (Å²) in [6, 6.07) is 7.75. The Labute approximate surface area is 201 Å². The molecule has 0 atom stereocenters. The average Bonchev–Trinajstić information content (AvgIpc) is 2.82. The van der Waals surface area contributed by atoms with E-state index in [4.69, 9.17) is 26.2 Å². The quantitative estimate of drug-likeness (QED) is 0.346. The molecule has 0 radical (unpaired) electrons. The number of anilines is 2. The molecule has 0 bridgehead atoms. The first-order chi connectivity index (χ1) is 16.4. The van der Waals surface area contributed by atoms with Gasteiger partial charge in [0.05, 0.1) is 17.1 Å². The first-order valence-corrected chi connectivity index (χ1v) is 11.0. The highest BCUT2D eigenvalue weighted by molar-refractivity contribution is 6.31. The van der Waals surface area contributed by atoms with Crippen molar-refractivity contribution in [2.45, 2.75) is 25.7 Å². The highest BCUT2D eigenvalue weighted by Crippen LogP contribution is 2.31. The molecule has 0 aliphatic carbocycles. The van der Waals surface area contributed by atoms with E-state index in [0.29, 0.717) is 53.4 Å². The largest absolute Gasteiger partial charge is 0.491 e. The highest BCUT2D eigenvalue weighted by Gasteiger charge is 2.15. The minimum atomic E-state index is -0.529. The fourth-order valence-corrected chi connectivity index (χ4v) is 3.49. The third-order valence-corrected chi connectivity index (χ3v) is 5.31. The number of hydrogen-bond donors (Lipinski definition) is 2. The molecule has 0 fully saturated rings. The molecular formula is C24H25ClFN3O5. The fourth-order valence-electron chi connectivity index (χ4n) is 3.31. The number of Topliss-reactive ketones (excluding diaryl/α,β-unsaturated/α-hetero) is 2. The Bertz CT molecular complexity index is 1170. The van der Waals surface area contributed by atoms with Gasteiger partial charge in [0.2, 0.25) is 0 Å². The van der Waals surface area contributed by atoms with Crippen LogP contribution in [0.5, 0.6) is 5.75 Å². The van der Waals surface area contributed by atoms with Crippen molar-refractivity contribution in [2.24, 2.45) is 0 Å². The number of nitrogens with zero attached hydrogens (tertiary/aromatic N) is 2. The number of benzene rings is 2. The van der Waals surface area contributed by atoms with E-state index in [0.717, 1.165) is 0 Å². The first kappa shape index (κ1) is 25.5. The zero-order valence-corrected chi connectivity index (χ0v) is 19.4. The van der Waals surface area contributed by atoms with Gasteiger partial charge in [0.25, 0.3) is 0 Å². The van der Waals surface area contributed by atoms with Crippen LogP contribution in [0, 0.1) is 5.82 Å². The van der Waals surface area contributed by atoms with Gasteiger partial charge in [-0.05, 0) is 30.7 Å². The zero-order chi connectivity index (χ0) is 24.5. The number of rotatable bonds is 13. The van der Waals surface area contributed by atoms with Gasteiger partial charge in [0.1, 0.15) is 42.7 Å². The molecule has 0 aliphatic rings. The second kappa shape index (κ2) is 12.4. The zero-order valence-electron chi connectivity index (χ0n) is 18.6. The summed E-state index contributed by atoms with van der Waals surface area (Å²) in [7, 11) is 1.56. The van der Waals surface area contributed by atoms with E-state index in [9.17, 15) is 14.0 Å². The second-order valence-electron chi connectivity index (χ2n) is 7.56. The van der Waals surface area contributed by atoms with Crippen molar-refractivity contribution in [2.75, 3.05) is 32.2 Å². The number of aliphatic hydroxyl groups is 1. The summed E-state index contributed by atoms with van der Waals surface area (Å²) < 4.78 is 24.4. The standard InChI is InChI=1S/C24H25ClFN3O5/c1-33-7-8-34-23-12-22-19(10-15(23)9-17(31)3-2-4-18(32)13-30)24(28-14-27-22)29-16-5-6-21(26)20(25)11-16/h5-6,10-12,14,30H,2-4,7-9,13H2,1H3,(H,27,28,29). The topological polar surface area (TPSA) is 111 Å². The summed E-state index contributed by atoms with van der Waals surface area (Å²) in [5.41, 5.74) is 1.76. The van der Waals surface area contributed by atoms with E-state index in [2.05, 4.69) is 15.3 Å². The van der Waals surface area contributed by atoms with Crippen molar-refractivity contribution in [3.63, 3.8) is 0 Å². The number of aromatic nitrogens is 2. The van der Waals surface area contributed by atoms with Gasteiger partial charge in [-0.15, -0.1) is 0 Å². The highest BCUT2D eigenvalue weighted by atomic mass is 35.5. The number of ether oxygens (including phenoxy) is 2. The molecule has 34 heavy (non-hydrogen) atoms. The number of aliphatic hydroxyl groups excluding tert-OH is 1. The Morgan fingerprint density at radius 2 is 1.91 bits per heavy atom. The normalized spacial score (nSPS) is 10.9. The van der Waals surface area contributed by atoms with Gasteiger partial charge in [-0.25, -0.2) is 14.4 Å². The molecule has 0 aliphatic heterocycles. The van der Waals surface area contributed by atoms with Crippen molar-refractivity contribution in [1.82, 2.24) is 9.97 Å². The smallest absolute Gasteiger partial charge is 0.158 e. The Kier molecular flexibility index (Phi) is 9.26. The molecule has 0 spiro atoms. The molecule has 10 heteroatoms. The molecule has 2 aromatic carbocycles. The van der Waals surface area contributed by atoms with Crippen LogP contribution in [-0.2, 0) is 20.7 Å². The van der Waals surface area contributed by atoms with Gasteiger partial charge in [-0.3, -0.25) is 9.59 Å². The van der Waals surface area contributed by atoms with Crippen LogP contribution in [0.15, 0.2) is 36.7 Å². The summed E-state index contributed by atoms with van der Waals surface area (Å²) in [6.07, 6.45) is 2.19. The molecule has 3 aromatic rings. The number of nitrogens with one attached hydrogen (secondary N) is 1. The van der Waals surface area contributed by atoms with Crippen LogP contribution >= 0.6 is 11.6 Å². The van der Waals surface area contributed by atoms with E-state index in [1.807, 2.05) is 0 Å². The number of methoxy groups -OCH3 is 1. The maximum absolute atomic E-state index is 13.5. The lowest BCUT2D eigenvalue weighted by Crippen LogP contribution is -2.10. The van der Waals surface area contributed by atoms with Crippen LogP contribution in [0.2, 0.25) is 5.02 Å². The van der Waals surface area contributed by atoms with Gasteiger partial charge >= 0.3 is 0 Å². The van der Waals surface area contributed by atoms with Gasteiger partial charge in [0, 0.05) is 49.1 Å². The molecule has 3 rings (SSSR count). The van der Waals surface area contributed by atoms with E-state index < -0.39 is 12.4 Å². The molecule has 180 valence electrons. The third kappa shape index (κ3) is 6.93. The molecule has 0 unspecified atom stereocenters. The molecule has 0 amide bonds. The first-order valence-electron chi connectivity index (χ1n) is 10.7. The van der Waals surface area contributed by atoms with Crippen molar-refractivity contribution in [3.8, 4) is 5.75 Å². The number of carbonyl (C=O) groups is 2. The van der Waals surface area contributed by atoms with Crippen molar-refractivity contribution in [1.29, 1.82) is 0 Å². The number of fused-ring (bicyclic) bond motifs is 1. The Balaban J connectivity index is 1.89. The van der Waals surface area contributed by atoms with Crippen molar-refractivity contribution < 1.29 is 28.6 Å². The van der Waals surface area contributed by atoms with E-state index in [1.165, 1.54) is 24.5 Å². The number of halogens is 2. The molecule has 8 nitrogen and oxygen atoms in total. The number of carbonyl (C=O) groups excluding carboxylic acids is 2. The lowest BCUT2D eigenvalue weighted by molar-refractivity contribution is -0.122. The second-order valence-corrected chi connectivity index (χ2v) is 7.97. The molecule has 1 aromatic heterocycles. The fraction of sp³-hybridized carbons (Fsp3) is 0.333. The lowest BCUT2D eigenvalue weighted by Gasteiger charge is -2.14. The summed E-state index contributed by atoms with van der Waals surface area (Å²) in [6.45, 7) is 0.139. The molecule has 0 saturated carbocycles. The van der Waals surface area contributed by atoms with E-state index >= 15 is 0 Å². The minimum absolute atomic E-state index is 0.0249. The predicted molar refractivity (Wildman–Crippen MR) is 126 cm³/mol. The molecule has 0 saturated heterocycles. The SMILES string of the molecule is COCCOc1cc2ncnc(Nc3ccc(F)c(Cl)c3)c2cc1CC(=O)CCCC(=O)CO. The predicted octanol–water partition coefficient (Wildman–Crippen LogP) is 4.03. The van der Waals surface area contributed by atoms with Crippen LogP contribution in [0.1, 0.15) is 24.8 Å². The Morgan fingerprint density at radius 3 is 2.65 bits per heavy atom. The maximum Gasteiger partial charge on any atom is 0.158 e. The number of ketones is 2. The Morgan fingerprint density at radius 1 is 1.12 bits per heavy atom. The number of hydrogen-bond acceptors (Lipinski definition) is 8. The molecule has 2 N–H and O–H groups in total. The lowest BCUT2D eigenvalue weighted by atomic mass is 10.0. The Hall–Kier alpha value is -3.14. The average molecular weight is 490 g/mol. The summed E-state index contributed by atoms with van der Waals surface area (Å²) in [4.78, 5) is 32.5. The monoisotopic (exact) mass is 489 g/mol. The summed E-state index contributed by atoms with van der Waals surface area (Å²) in [5, 5.41) is 12.6. The molecular weight excluding hydrogens is 465 g/mol. The van der Waals surface area contributed by atoms with Gasteiger partial charge in [0.15, 0.2) is 5.78 Å². The van der Waals surface area contributed by atoms with Crippen LogP contribution < -0.4 is 10.1 Å². The maximum atomic E-state index is 13.5. The summed E-state index contributed by atoms with van der Waals surface area (Å²) >= 11 is 5.89. The van der Waals surface area contributed by atoms with Gasteiger partial charge < -0.3 is 19.9 Å². The van der Waals surface area contributed by atoms with Gasteiger partial charge in [-0.1, -0.05) is 11.6 Å². The van der Waals surface area contributed by atoms with Crippen LogP contribution in [0.4, 0.5) is 15.9 Å².